The minimum Gasteiger partial charge on any atom is -0.493 e. The summed E-state index contributed by atoms with van der Waals surface area (Å²) in [7, 11) is 0. The van der Waals surface area contributed by atoms with Crippen LogP contribution in [0, 0.1) is 5.92 Å². The van der Waals surface area contributed by atoms with Crippen LogP contribution in [0.4, 0.5) is 22.0 Å². The molecule has 7 nitrogen and oxygen atoms in total. The van der Waals surface area contributed by atoms with Gasteiger partial charge in [-0.2, -0.15) is 0 Å². The van der Waals surface area contributed by atoms with Crippen molar-refractivity contribution in [1.82, 2.24) is 10.6 Å². The number of carbonyl (C=O) groups is 2. The topological polar surface area (TPSA) is 96.9 Å². The van der Waals surface area contributed by atoms with Crippen molar-refractivity contribution in [2.75, 3.05) is 19.8 Å². The number of rotatable bonds is 11. The molecule has 2 aromatic rings. The van der Waals surface area contributed by atoms with E-state index in [1.54, 1.807) is 0 Å². The van der Waals surface area contributed by atoms with Crippen molar-refractivity contribution in [2.24, 2.45) is 5.92 Å². The van der Waals surface area contributed by atoms with E-state index in [0.29, 0.717) is 11.3 Å². The van der Waals surface area contributed by atoms with Crippen molar-refractivity contribution in [3.8, 4) is 11.5 Å². The van der Waals surface area contributed by atoms with E-state index in [0.717, 1.165) is 12.1 Å². The van der Waals surface area contributed by atoms with E-state index in [9.17, 15) is 31.5 Å². The zero-order valence-electron chi connectivity index (χ0n) is 18.3. The Morgan fingerprint density at radius 2 is 1.66 bits per heavy atom. The van der Waals surface area contributed by atoms with Crippen LogP contribution < -0.4 is 20.1 Å². The highest BCUT2D eigenvalue weighted by Gasteiger charge is 2.57. The molecule has 0 radical (unpaired) electrons. The molecule has 3 rings (SSSR count). The predicted molar refractivity (Wildman–Crippen MR) is 113 cm³/mol. The van der Waals surface area contributed by atoms with Gasteiger partial charge in [-0.25, -0.2) is 8.78 Å². The molecule has 0 spiro atoms. The smallest absolute Gasteiger partial charge is 0.493 e. The van der Waals surface area contributed by atoms with Gasteiger partial charge in [0.25, 0.3) is 11.8 Å². The molecule has 1 aliphatic rings. The zero-order valence-corrected chi connectivity index (χ0v) is 18.3. The molecule has 1 aliphatic carbocycles. The second-order valence-corrected chi connectivity index (χ2v) is 7.93. The molecule has 0 heterocycles. The van der Waals surface area contributed by atoms with Gasteiger partial charge in [-0.1, -0.05) is 12.1 Å². The Labute approximate surface area is 197 Å². The summed E-state index contributed by atoms with van der Waals surface area (Å²) in [6.45, 7) is -0.530. The second-order valence-electron chi connectivity index (χ2n) is 7.93. The van der Waals surface area contributed by atoms with Crippen molar-refractivity contribution < 1.29 is 46.1 Å². The van der Waals surface area contributed by atoms with Gasteiger partial charge in [0.1, 0.15) is 17.5 Å². The summed E-state index contributed by atoms with van der Waals surface area (Å²) in [5.74, 6) is -4.86. The molecular weight excluding hydrogens is 479 g/mol. The van der Waals surface area contributed by atoms with E-state index in [4.69, 9.17) is 9.84 Å². The molecule has 3 N–H and O–H groups in total. The molecule has 2 atom stereocenters. The molecule has 35 heavy (non-hydrogen) atoms. The van der Waals surface area contributed by atoms with Crippen molar-refractivity contribution in [3.05, 3.63) is 59.7 Å². The molecule has 0 aromatic heterocycles. The van der Waals surface area contributed by atoms with Gasteiger partial charge in [0.2, 0.25) is 5.91 Å². The third-order valence-electron chi connectivity index (χ3n) is 5.15. The Balaban J connectivity index is 1.62. The largest absolute Gasteiger partial charge is 0.573 e. The number of amides is 2. The Kier molecular flexibility index (Phi) is 8.15. The van der Waals surface area contributed by atoms with Crippen LogP contribution >= 0.6 is 0 Å². The van der Waals surface area contributed by atoms with E-state index in [1.807, 2.05) is 0 Å². The minimum absolute atomic E-state index is 0.0495. The van der Waals surface area contributed by atoms with Crippen LogP contribution in [-0.4, -0.2) is 55.0 Å². The number of carbonyl (C=O) groups excluding carboxylic acids is 2. The first-order valence-corrected chi connectivity index (χ1v) is 10.6. The van der Waals surface area contributed by atoms with Gasteiger partial charge >= 0.3 is 6.36 Å². The zero-order chi connectivity index (χ0) is 25.6. The molecule has 2 amide bonds. The molecule has 2 aromatic carbocycles. The van der Waals surface area contributed by atoms with Gasteiger partial charge in [-0.3, -0.25) is 9.59 Å². The Hall–Kier alpha value is -3.41. The van der Waals surface area contributed by atoms with Crippen LogP contribution in [0.15, 0.2) is 48.5 Å². The number of alkyl halides is 5. The maximum Gasteiger partial charge on any atom is 0.573 e. The lowest BCUT2D eigenvalue weighted by atomic mass is 10.0. The first kappa shape index (κ1) is 26.2. The van der Waals surface area contributed by atoms with Gasteiger partial charge in [-0.15, -0.1) is 13.2 Å². The maximum absolute atomic E-state index is 12.9. The maximum atomic E-state index is 12.9. The molecule has 1 fully saturated rings. The number of hydrogen-bond donors (Lipinski definition) is 3. The average molecular weight is 502 g/mol. The van der Waals surface area contributed by atoms with Crippen LogP contribution in [0.1, 0.15) is 22.3 Å². The monoisotopic (exact) mass is 502 g/mol. The number of hydrogen-bond acceptors (Lipinski definition) is 5. The first-order chi connectivity index (χ1) is 16.5. The highest BCUT2D eigenvalue weighted by molar-refractivity contribution is 5.97. The van der Waals surface area contributed by atoms with Crippen LogP contribution in [0.2, 0.25) is 0 Å². The van der Waals surface area contributed by atoms with Gasteiger partial charge in [-0.05, 0) is 42.0 Å². The van der Waals surface area contributed by atoms with Crippen LogP contribution in [0.3, 0.4) is 0 Å². The predicted octanol–water partition coefficient (Wildman–Crippen LogP) is 3.07. The van der Waals surface area contributed by atoms with Gasteiger partial charge in [0.15, 0.2) is 0 Å². The molecule has 0 aliphatic heterocycles. The van der Waals surface area contributed by atoms with Crippen LogP contribution in [0.25, 0.3) is 0 Å². The standard InChI is InChI=1S/C23H23F5N2O5/c24-22(25)12-16(22)13-34-17-7-3-15(4-8-17)20(32)30-19(21(33)29-9-10-31)11-14-1-5-18(6-2-14)35-23(26,27)28/h1-8,16,19,31H,9-13H2,(H,29,33)(H,30,32)/t16?,19-/m0/s1. The fourth-order valence-corrected chi connectivity index (χ4v) is 3.17. The number of nitrogens with one attached hydrogen (secondary N) is 2. The fraction of sp³-hybridized carbons (Fsp3) is 0.391. The Morgan fingerprint density at radius 1 is 1.06 bits per heavy atom. The molecule has 0 bridgehead atoms. The van der Waals surface area contributed by atoms with Crippen molar-refractivity contribution >= 4 is 11.8 Å². The van der Waals surface area contributed by atoms with Gasteiger partial charge in [0.05, 0.1) is 19.1 Å². The summed E-state index contributed by atoms with van der Waals surface area (Å²) >= 11 is 0. The summed E-state index contributed by atoms with van der Waals surface area (Å²) in [6, 6.07) is 9.42. The molecule has 190 valence electrons. The summed E-state index contributed by atoms with van der Waals surface area (Å²) in [5.41, 5.74) is 0.618. The number of halogens is 5. The van der Waals surface area contributed by atoms with E-state index >= 15 is 0 Å². The van der Waals surface area contributed by atoms with Gasteiger partial charge < -0.3 is 25.2 Å². The van der Waals surface area contributed by atoms with E-state index in [-0.39, 0.29) is 38.2 Å². The highest BCUT2D eigenvalue weighted by atomic mass is 19.4. The summed E-state index contributed by atoms with van der Waals surface area (Å²) in [4.78, 5) is 25.2. The number of aliphatic hydroxyl groups is 1. The molecule has 1 unspecified atom stereocenters. The summed E-state index contributed by atoms with van der Waals surface area (Å²) in [6.07, 6.45) is -5.11. The van der Waals surface area contributed by atoms with Crippen molar-refractivity contribution in [1.29, 1.82) is 0 Å². The Bertz CT molecular complexity index is 1010. The average Bonchev–Trinajstić information content (AvgIpc) is 3.42. The van der Waals surface area contributed by atoms with Crippen molar-refractivity contribution in [2.45, 2.75) is 31.2 Å². The lowest BCUT2D eigenvalue weighted by molar-refractivity contribution is -0.274. The van der Waals surface area contributed by atoms with Crippen LogP contribution in [-0.2, 0) is 11.2 Å². The Morgan fingerprint density at radius 3 is 2.20 bits per heavy atom. The SMILES string of the molecule is O=C(N[C@@H](Cc1ccc(OC(F)(F)F)cc1)C(=O)NCCO)c1ccc(OCC2CC2(F)F)cc1. The summed E-state index contributed by atoms with van der Waals surface area (Å²) in [5, 5.41) is 13.9. The minimum atomic E-state index is -4.84. The normalized spacial score (nSPS) is 17.3. The third kappa shape index (κ3) is 8.09. The van der Waals surface area contributed by atoms with E-state index < -0.39 is 41.8 Å². The van der Waals surface area contributed by atoms with Gasteiger partial charge in [0, 0.05) is 24.9 Å². The quantitative estimate of drug-likeness (QED) is 0.411. The first-order valence-electron chi connectivity index (χ1n) is 10.6. The molecule has 0 saturated heterocycles. The number of aliphatic hydroxyl groups excluding tert-OH is 1. The molecular formula is C23H23F5N2O5. The number of benzene rings is 2. The molecule has 1 saturated carbocycles. The lowest BCUT2D eigenvalue weighted by Gasteiger charge is -2.19. The van der Waals surface area contributed by atoms with Crippen LogP contribution in [0.5, 0.6) is 11.5 Å². The molecule has 12 heteroatoms. The number of ether oxygens (including phenoxy) is 2. The van der Waals surface area contributed by atoms with E-state index in [1.165, 1.54) is 36.4 Å². The second kappa shape index (κ2) is 10.9. The fourth-order valence-electron chi connectivity index (χ4n) is 3.17. The highest BCUT2D eigenvalue weighted by Crippen LogP contribution is 2.48. The van der Waals surface area contributed by atoms with Crippen molar-refractivity contribution in [3.63, 3.8) is 0 Å². The lowest BCUT2D eigenvalue weighted by Crippen LogP contribution is -2.48. The van der Waals surface area contributed by atoms with E-state index in [2.05, 4.69) is 15.4 Å². The summed E-state index contributed by atoms with van der Waals surface area (Å²) < 4.78 is 72.0. The third-order valence-corrected chi connectivity index (χ3v) is 5.15.